The molecule has 1 aromatic rings. The van der Waals surface area contributed by atoms with E-state index in [-0.39, 0.29) is 29.8 Å². The Labute approximate surface area is 159 Å². The van der Waals surface area contributed by atoms with Gasteiger partial charge in [0.05, 0.1) is 11.3 Å². The first-order valence-electron chi connectivity index (χ1n) is 9.74. The normalized spacial score (nSPS) is 19.1. The number of nitro benzene ring substituents is 1. The molecule has 2 heterocycles. The molecule has 0 saturated carbocycles. The van der Waals surface area contributed by atoms with E-state index >= 15 is 0 Å². The minimum absolute atomic E-state index is 0.00600. The molecular formula is C20H27N3O4. The number of rotatable bonds is 4. The van der Waals surface area contributed by atoms with E-state index in [2.05, 4.69) is 6.92 Å². The van der Waals surface area contributed by atoms with Crippen LogP contribution in [0.1, 0.15) is 38.2 Å². The molecule has 0 aromatic heterocycles. The Balaban J connectivity index is 1.52. The zero-order valence-corrected chi connectivity index (χ0v) is 15.8. The van der Waals surface area contributed by atoms with Crippen LogP contribution in [-0.2, 0) is 16.0 Å². The Morgan fingerprint density at radius 1 is 1.04 bits per heavy atom. The first kappa shape index (κ1) is 19.3. The maximum atomic E-state index is 12.7. The molecule has 0 radical (unpaired) electrons. The molecule has 7 nitrogen and oxygen atoms in total. The van der Waals surface area contributed by atoms with Gasteiger partial charge >= 0.3 is 0 Å². The van der Waals surface area contributed by atoms with Gasteiger partial charge in [0.2, 0.25) is 11.8 Å². The van der Waals surface area contributed by atoms with Crippen LogP contribution in [0.2, 0.25) is 0 Å². The molecule has 2 fully saturated rings. The first-order chi connectivity index (χ1) is 13.0. The summed E-state index contributed by atoms with van der Waals surface area (Å²) in [4.78, 5) is 39.6. The second-order valence-corrected chi connectivity index (χ2v) is 7.73. The number of carbonyl (C=O) groups is 2. The van der Waals surface area contributed by atoms with E-state index in [0.717, 1.165) is 25.9 Å². The van der Waals surface area contributed by atoms with Gasteiger partial charge in [-0.05, 0) is 31.6 Å². The smallest absolute Gasteiger partial charge is 0.273 e. The van der Waals surface area contributed by atoms with Crippen molar-refractivity contribution in [1.29, 1.82) is 0 Å². The van der Waals surface area contributed by atoms with Gasteiger partial charge in [-0.1, -0.05) is 25.1 Å². The van der Waals surface area contributed by atoms with Crippen molar-refractivity contribution in [2.24, 2.45) is 11.8 Å². The number of carbonyl (C=O) groups excluding carboxylic acids is 2. The maximum absolute atomic E-state index is 12.7. The van der Waals surface area contributed by atoms with Crippen LogP contribution in [0.3, 0.4) is 0 Å². The Morgan fingerprint density at radius 2 is 1.63 bits per heavy atom. The van der Waals surface area contributed by atoms with Gasteiger partial charge in [0.15, 0.2) is 0 Å². The van der Waals surface area contributed by atoms with E-state index in [0.29, 0.717) is 37.4 Å². The number of para-hydroxylation sites is 1. The summed E-state index contributed by atoms with van der Waals surface area (Å²) < 4.78 is 0. The fourth-order valence-corrected chi connectivity index (χ4v) is 3.98. The van der Waals surface area contributed by atoms with Gasteiger partial charge in [0.25, 0.3) is 5.69 Å². The Bertz CT molecular complexity index is 705. The number of hydrogen-bond acceptors (Lipinski definition) is 4. The van der Waals surface area contributed by atoms with Crippen LogP contribution in [0.5, 0.6) is 0 Å². The van der Waals surface area contributed by atoms with Gasteiger partial charge in [-0.25, -0.2) is 0 Å². The van der Waals surface area contributed by atoms with Crippen molar-refractivity contribution in [1.82, 2.24) is 9.80 Å². The lowest BCUT2D eigenvalue weighted by Crippen LogP contribution is -2.46. The summed E-state index contributed by atoms with van der Waals surface area (Å²) in [5.74, 6) is 0.804. The fourth-order valence-electron chi connectivity index (χ4n) is 3.98. The van der Waals surface area contributed by atoms with E-state index in [9.17, 15) is 19.7 Å². The molecule has 2 amide bonds. The van der Waals surface area contributed by atoms with Crippen molar-refractivity contribution in [2.75, 3.05) is 26.2 Å². The molecule has 0 spiro atoms. The minimum atomic E-state index is -0.451. The predicted octanol–water partition coefficient (Wildman–Crippen LogP) is 2.63. The summed E-state index contributed by atoms with van der Waals surface area (Å²) >= 11 is 0. The van der Waals surface area contributed by atoms with Gasteiger partial charge in [-0.3, -0.25) is 19.7 Å². The van der Waals surface area contributed by atoms with Crippen LogP contribution in [0, 0.1) is 22.0 Å². The van der Waals surface area contributed by atoms with E-state index in [4.69, 9.17) is 0 Å². The molecule has 2 aliphatic rings. The third-order valence-electron chi connectivity index (χ3n) is 5.82. The van der Waals surface area contributed by atoms with Crippen LogP contribution in [0.15, 0.2) is 24.3 Å². The average Bonchev–Trinajstić information content (AvgIpc) is 2.68. The van der Waals surface area contributed by atoms with Gasteiger partial charge < -0.3 is 9.80 Å². The fraction of sp³-hybridized carbons (Fsp3) is 0.600. The number of hydrogen-bond donors (Lipinski definition) is 0. The Kier molecular flexibility index (Phi) is 6.08. The highest BCUT2D eigenvalue weighted by molar-refractivity contribution is 5.81. The largest absolute Gasteiger partial charge is 0.342 e. The quantitative estimate of drug-likeness (QED) is 0.600. The molecule has 0 N–H and O–H groups in total. The summed E-state index contributed by atoms with van der Waals surface area (Å²) in [6.45, 7) is 5.00. The molecule has 0 atom stereocenters. The molecule has 2 aliphatic heterocycles. The lowest BCUT2D eigenvalue weighted by atomic mass is 9.92. The van der Waals surface area contributed by atoms with Crippen LogP contribution in [0.4, 0.5) is 5.69 Å². The molecule has 2 saturated heterocycles. The third kappa shape index (κ3) is 4.64. The number of amides is 2. The molecule has 27 heavy (non-hydrogen) atoms. The number of nitro groups is 1. The summed E-state index contributed by atoms with van der Waals surface area (Å²) in [6.07, 6.45) is 3.51. The van der Waals surface area contributed by atoms with Crippen molar-refractivity contribution in [3.05, 3.63) is 39.9 Å². The second-order valence-electron chi connectivity index (χ2n) is 7.73. The molecular weight excluding hydrogens is 346 g/mol. The zero-order chi connectivity index (χ0) is 19.4. The number of likely N-dealkylation sites (tertiary alicyclic amines) is 2. The second kappa shape index (κ2) is 8.50. The van der Waals surface area contributed by atoms with Crippen molar-refractivity contribution in [2.45, 2.75) is 39.0 Å². The van der Waals surface area contributed by atoms with Crippen LogP contribution >= 0.6 is 0 Å². The molecule has 146 valence electrons. The van der Waals surface area contributed by atoms with Gasteiger partial charge in [0, 0.05) is 43.7 Å². The highest BCUT2D eigenvalue weighted by atomic mass is 16.6. The van der Waals surface area contributed by atoms with Crippen molar-refractivity contribution in [3.8, 4) is 0 Å². The zero-order valence-electron chi connectivity index (χ0n) is 15.8. The molecule has 0 unspecified atom stereocenters. The SMILES string of the molecule is CC1CCN(C(=O)C2CCN(C(=O)Cc3ccccc3[N+](=O)[O-])CC2)CC1. The Hall–Kier alpha value is -2.44. The van der Waals surface area contributed by atoms with Crippen LogP contribution in [0.25, 0.3) is 0 Å². The number of benzene rings is 1. The van der Waals surface area contributed by atoms with E-state index in [1.165, 1.54) is 6.07 Å². The van der Waals surface area contributed by atoms with Crippen molar-refractivity contribution in [3.63, 3.8) is 0 Å². The molecule has 1 aromatic carbocycles. The molecule has 3 rings (SSSR count). The van der Waals surface area contributed by atoms with Crippen molar-refractivity contribution < 1.29 is 14.5 Å². The Morgan fingerprint density at radius 3 is 2.26 bits per heavy atom. The highest BCUT2D eigenvalue weighted by Gasteiger charge is 2.31. The van der Waals surface area contributed by atoms with Crippen LogP contribution in [-0.4, -0.2) is 52.7 Å². The standard InChI is InChI=1S/C20H27N3O4/c1-15-6-10-22(11-7-15)20(25)16-8-12-21(13-9-16)19(24)14-17-4-2-3-5-18(17)23(26)27/h2-5,15-16H,6-14H2,1H3. The topological polar surface area (TPSA) is 83.8 Å². The number of nitrogens with zero attached hydrogens (tertiary/aromatic N) is 3. The van der Waals surface area contributed by atoms with E-state index in [1.807, 2.05) is 4.90 Å². The third-order valence-corrected chi connectivity index (χ3v) is 5.82. The summed E-state index contributed by atoms with van der Waals surface area (Å²) in [6, 6.07) is 6.36. The predicted molar refractivity (Wildman–Crippen MR) is 101 cm³/mol. The molecule has 0 bridgehead atoms. The maximum Gasteiger partial charge on any atom is 0.273 e. The summed E-state index contributed by atoms with van der Waals surface area (Å²) in [5.41, 5.74) is 0.420. The summed E-state index contributed by atoms with van der Waals surface area (Å²) in [5, 5.41) is 11.1. The highest BCUT2D eigenvalue weighted by Crippen LogP contribution is 2.25. The minimum Gasteiger partial charge on any atom is -0.342 e. The molecule has 7 heteroatoms. The van der Waals surface area contributed by atoms with Gasteiger partial charge in [0.1, 0.15) is 0 Å². The monoisotopic (exact) mass is 373 g/mol. The number of piperidine rings is 2. The van der Waals surface area contributed by atoms with Gasteiger partial charge in [-0.2, -0.15) is 0 Å². The van der Waals surface area contributed by atoms with E-state index < -0.39 is 4.92 Å². The van der Waals surface area contributed by atoms with Gasteiger partial charge in [-0.15, -0.1) is 0 Å². The lowest BCUT2D eigenvalue weighted by Gasteiger charge is -2.36. The first-order valence-corrected chi connectivity index (χ1v) is 9.74. The summed E-state index contributed by atoms with van der Waals surface area (Å²) in [7, 11) is 0. The molecule has 0 aliphatic carbocycles. The lowest BCUT2D eigenvalue weighted by molar-refractivity contribution is -0.385. The average molecular weight is 373 g/mol. The van der Waals surface area contributed by atoms with Crippen molar-refractivity contribution >= 4 is 17.5 Å². The van der Waals surface area contributed by atoms with E-state index in [1.54, 1.807) is 23.1 Å². The van der Waals surface area contributed by atoms with Crippen LogP contribution < -0.4 is 0 Å².